The Labute approximate surface area is 130 Å². The van der Waals surface area contributed by atoms with Crippen molar-refractivity contribution in [2.45, 2.75) is 13.1 Å². The first-order chi connectivity index (χ1) is 10.2. The van der Waals surface area contributed by atoms with Crippen LogP contribution in [0.3, 0.4) is 0 Å². The summed E-state index contributed by atoms with van der Waals surface area (Å²) in [6.45, 7) is 1.82. The maximum Gasteiger partial charge on any atom is 0.0415 e. The molecule has 0 atom stereocenters. The van der Waals surface area contributed by atoms with E-state index in [4.69, 9.17) is 0 Å². The zero-order valence-corrected chi connectivity index (χ0v) is 13.3. The van der Waals surface area contributed by atoms with Crippen LogP contribution in [0, 0.1) is 0 Å². The Bertz CT molecular complexity index is 731. The van der Waals surface area contributed by atoms with E-state index in [0.29, 0.717) is 0 Å². The maximum absolute atomic E-state index is 3.59. The van der Waals surface area contributed by atoms with Gasteiger partial charge >= 0.3 is 0 Å². The number of hydrogen-bond donors (Lipinski definition) is 1. The van der Waals surface area contributed by atoms with E-state index in [1.165, 1.54) is 26.9 Å². The van der Waals surface area contributed by atoms with Gasteiger partial charge in [0.05, 0.1) is 0 Å². The van der Waals surface area contributed by atoms with Gasteiger partial charge in [-0.1, -0.05) is 36.4 Å². The third-order valence-corrected chi connectivity index (χ3v) is 4.55. The summed E-state index contributed by atoms with van der Waals surface area (Å²) in [4.78, 5) is 2.19. The van der Waals surface area contributed by atoms with Crippen LogP contribution in [0.2, 0.25) is 0 Å². The first-order valence-electron chi connectivity index (χ1n) is 7.15. The Morgan fingerprint density at radius 2 is 1.71 bits per heavy atom. The standard InChI is InChI=1S/C18H20N2S/c1-20(2)12-14-7-3-5-9-17(14)19-11-15-13-21-18-10-6-4-8-16(15)18/h3-10,13,19H,11-12H2,1-2H3. The molecule has 0 bridgehead atoms. The molecule has 0 amide bonds. The van der Waals surface area contributed by atoms with Crippen molar-refractivity contribution in [3.8, 4) is 0 Å². The highest BCUT2D eigenvalue weighted by molar-refractivity contribution is 7.17. The van der Waals surface area contributed by atoms with Gasteiger partial charge in [-0.3, -0.25) is 0 Å². The molecule has 1 N–H and O–H groups in total. The average molecular weight is 296 g/mol. The third kappa shape index (κ3) is 3.26. The summed E-state index contributed by atoms with van der Waals surface area (Å²) in [5.74, 6) is 0. The van der Waals surface area contributed by atoms with E-state index < -0.39 is 0 Å². The first kappa shape index (κ1) is 14.1. The Morgan fingerprint density at radius 1 is 0.952 bits per heavy atom. The normalized spacial score (nSPS) is 11.2. The van der Waals surface area contributed by atoms with Crippen LogP contribution >= 0.6 is 11.3 Å². The van der Waals surface area contributed by atoms with Gasteiger partial charge in [0.25, 0.3) is 0 Å². The SMILES string of the molecule is CN(C)Cc1ccccc1NCc1csc2ccccc12. The van der Waals surface area contributed by atoms with Gasteiger partial charge in [-0.15, -0.1) is 11.3 Å². The lowest BCUT2D eigenvalue weighted by atomic mass is 10.1. The van der Waals surface area contributed by atoms with Gasteiger partial charge in [-0.2, -0.15) is 0 Å². The highest BCUT2D eigenvalue weighted by atomic mass is 32.1. The van der Waals surface area contributed by atoms with Crippen molar-refractivity contribution >= 4 is 27.1 Å². The summed E-state index contributed by atoms with van der Waals surface area (Å²) in [5.41, 5.74) is 3.93. The molecule has 108 valence electrons. The minimum atomic E-state index is 0.869. The van der Waals surface area contributed by atoms with Crippen LogP contribution in [-0.4, -0.2) is 19.0 Å². The number of nitrogens with zero attached hydrogens (tertiary/aromatic N) is 1. The predicted octanol–water partition coefficient (Wildman–Crippen LogP) is 4.58. The second kappa shape index (κ2) is 6.29. The van der Waals surface area contributed by atoms with E-state index in [1.54, 1.807) is 0 Å². The molecule has 3 heteroatoms. The number of anilines is 1. The molecule has 1 heterocycles. The molecule has 0 aliphatic rings. The quantitative estimate of drug-likeness (QED) is 0.741. The largest absolute Gasteiger partial charge is 0.381 e. The van der Waals surface area contributed by atoms with Crippen LogP contribution in [0.25, 0.3) is 10.1 Å². The van der Waals surface area contributed by atoms with Crippen LogP contribution in [-0.2, 0) is 13.1 Å². The molecular formula is C18H20N2S. The van der Waals surface area contributed by atoms with E-state index in [2.05, 4.69) is 78.2 Å². The van der Waals surface area contributed by atoms with Crippen molar-refractivity contribution in [3.63, 3.8) is 0 Å². The van der Waals surface area contributed by atoms with Crippen molar-refractivity contribution in [2.75, 3.05) is 19.4 Å². The van der Waals surface area contributed by atoms with Crippen LogP contribution < -0.4 is 5.32 Å². The molecule has 0 unspecified atom stereocenters. The minimum absolute atomic E-state index is 0.869. The topological polar surface area (TPSA) is 15.3 Å². The molecule has 0 saturated carbocycles. The van der Waals surface area contributed by atoms with Crippen LogP contribution in [0.15, 0.2) is 53.9 Å². The molecule has 3 rings (SSSR count). The molecule has 2 nitrogen and oxygen atoms in total. The van der Waals surface area contributed by atoms with Crippen molar-refractivity contribution < 1.29 is 0 Å². The number of rotatable bonds is 5. The van der Waals surface area contributed by atoms with Crippen molar-refractivity contribution in [3.05, 3.63) is 65.0 Å². The van der Waals surface area contributed by atoms with E-state index >= 15 is 0 Å². The zero-order chi connectivity index (χ0) is 14.7. The van der Waals surface area contributed by atoms with Crippen LogP contribution in [0.4, 0.5) is 5.69 Å². The average Bonchev–Trinajstić information content (AvgIpc) is 2.89. The Kier molecular flexibility index (Phi) is 4.23. The molecule has 2 aromatic carbocycles. The monoisotopic (exact) mass is 296 g/mol. The Hall–Kier alpha value is -1.84. The van der Waals surface area contributed by atoms with Gasteiger partial charge in [-0.25, -0.2) is 0 Å². The fourth-order valence-corrected chi connectivity index (χ4v) is 3.49. The van der Waals surface area contributed by atoms with Gasteiger partial charge in [0.15, 0.2) is 0 Å². The summed E-state index contributed by atoms with van der Waals surface area (Å²) in [5, 5.41) is 7.21. The van der Waals surface area contributed by atoms with Gasteiger partial charge in [0.1, 0.15) is 0 Å². The van der Waals surface area contributed by atoms with Gasteiger partial charge < -0.3 is 10.2 Å². The molecular weight excluding hydrogens is 276 g/mol. The first-order valence-corrected chi connectivity index (χ1v) is 8.03. The summed E-state index contributed by atoms with van der Waals surface area (Å²) >= 11 is 1.82. The predicted molar refractivity (Wildman–Crippen MR) is 93.0 cm³/mol. The number of para-hydroxylation sites is 1. The van der Waals surface area contributed by atoms with E-state index in [1.807, 2.05) is 11.3 Å². The van der Waals surface area contributed by atoms with Gasteiger partial charge in [0, 0.05) is 23.5 Å². The maximum atomic E-state index is 3.59. The molecule has 0 aliphatic carbocycles. The number of hydrogen-bond acceptors (Lipinski definition) is 3. The Balaban J connectivity index is 1.79. The van der Waals surface area contributed by atoms with Crippen LogP contribution in [0.1, 0.15) is 11.1 Å². The lowest BCUT2D eigenvalue weighted by Crippen LogP contribution is -2.12. The number of fused-ring (bicyclic) bond motifs is 1. The van der Waals surface area contributed by atoms with Crippen molar-refractivity contribution in [1.82, 2.24) is 4.90 Å². The number of thiophene rings is 1. The highest BCUT2D eigenvalue weighted by Gasteiger charge is 2.06. The van der Waals surface area contributed by atoms with Gasteiger partial charge in [0.2, 0.25) is 0 Å². The fourth-order valence-electron chi connectivity index (χ4n) is 2.53. The van der Waals surface area contributed by atoms with Crippen molar-refractivity contribution in [1.29, 1.82) is 0 Å². The zero-order valence-electron chi connectivity index (χ0n) is 12.5. The summed E-state index contributed by atoms with van der Waals surface area (Å²) in [7, 11) is 4.20. The Morgan fingerprint density at radius 3 is 2.57 bits per heavy atom. The van der Waals surface area contributed by atoms with E-state index in [-0.39, 0.29) is 0 Å². The smallest absolute Gasteiger partial charge is 0.0415 e. The summed E-state index contributed by atoms with van der Waals surface area (Å²) in [6.07, 6.45) is 0. The lowest BCUT2D eigenvalue weighted by molar-refractivity contribution is 0.403. The molecule has 0 radical (unpaired) electrons. The van der Waals surface area contributed by atoms with E-state index in [0.717, 1.165) is 13.1 Å². The number of benzene rings is 2. The molecule has 0 spiro atoms. The number of nitrogens with one attached hydrogen (secondary N) is 1. The minimum Gasteiger partial charge on any atom is -0.381 e. The fraction of sp³-hybridized carbons (Fsp3) is 0.222. The second-order valence-electron chi connectivity index (χ2n) is 5.51. The highest BCUT2D eigenvalue weighted by Crippen LogP contribution is 2.26. The molecule has 0 aliphatic heterocycles. The molecule has 3 aromatic rings. The summed E-state index contributed by atoms with van der Waals surface area (Å²) < 4.78 is 1.36. The second-order valence-corrected chi connectivity index (χ2v) is 6.42. The molecule has 1 aromatic heterocycles. The van der Waals surface area contributed by atoms with Gasteiger partial charge in [-0.05, 0) is 48.1 Å². The van der Waals surface area contributed by atoms with Crippen molar-refractivity contribution in [2.24, 2.45) is 0 Å². The molecule has 0 fully saturated rings. The van der Waals surface area contributed by atoms with Crippen LogP contribution in [0.5, 0.6) is 0 Å². The summed E-state index contributed by atoms with van der Waals surface area (Å²) in [6, 6.07) is 17.1. The molecule has 0 saturated heterocycles. The molecule has 21 heavy (non-hydrogen) atoms. The third-order valence-electron chi connectivity index (χ3n) is 3.53. The lowest BCUT2D eigenvalue weighted by Gasteiger charge is -2.15. The van der Waals surface area contributed by atoms with E-state index in [9.17, 15) is 0 Å².